The third-order valence-electron chi connectivity index (χ3n) is 2.68. The molecule has 3 rings (SSSR count). The van der Waals surface area contributed by atoms with Crippen LogP contribution in [0.25, 0.3) is 11.1 Å². The number of hydrogen-bond donors (Lipinski definition) is 2. The predicted octanol–water partition coefficient (Wildman–Crippen LogP) is 1.19. The molecule has 0 unspecified atom stereocenters. The van der Waals surface area contributed by atoms with Crippen molar-refractivity contribution < 1.29 is 4.42 Å². The summed E-state index contributed by atoms with van der Waals surface area (Å²) in [6.07, 6.45) is 2.39. The first-order valence-electron chi connectivity index (χ1n) is 5.95. The Bertz CT molecular complexity index is 701. The molecule has 98 valence electrons. The third kappa shape index (κ3) is 2.49. The van der Waals surface area contributed by atoms with E-state index in [9.17, 15) is 0 Å². The van der Waals surface area contributed by atoms with Crippen molar-refractivity contribution in [2.24, 2.45) is 7.05 Å². The molecular formula is C12H14N6O. The number of benzene rings is 1. The van der Waals surface area contributed by atoms with Crippen LogP contribution in [-0.2, 0) is 13.5 Å². The van der Waals surface area contributed by atoms with E-state index in [1.807, 2.05) is 13.1 Å². The summed E-state index contributed by atoms with van der Waals surface area (Å²) < 4.78 is 7.22. The summed E-state index contributed by atoms with van der Waals surface area (Å²) in [5.41, 5.74) is 7.81. The van der Waals surface area contributed by atoms with Crippen LogP contribution in [0, 0.1) is 0 Å². The van der Waals surface area contributed by atoms with E-state index in [1.54, 1.807) is 23.1 Å². The largest absolute Gasteiger partial charge is 0.423 e. The van der Waals surface area contributed by atoms with Crippen LogP contribution in [0.3, 0.4) is 0 Å². The summed E-state index contributed by atoms with van der Waals surface area (Å²) in [6.45, 7) is 0.659. The van der Waals surface area contributed by atoms with Crippen molar-refractivity contribution in [3.05, 3.63) is 30.4 Å². The van der Waals surface area contributed by atoms with Crippen molar-refractivity contribution in [3.8, 4) is 0 Å². The van der Waals surface area contributed by atoms with Crippen LogP contribution in [-0.4, -0.2) is 26.3 Å². The minimum atomic E-state index is 0.483. The van der Waals surface area contributed by atoms with E-state index < -0.39 is 0 Å². The Hall–Kier alpha value is -2.57. The Balaban J connectivity index is 1.65. The zero-order chi connectivity index (χ0) is 13.2. The van der Waals surface area contributed by atoms with Gasteiger partial charge in [0.15, 0.2) is 11.4 Å². The fourth-order valence-electron chi connectivity index (χ4n) is 1.80. The van der Waals surface area contributed by atoms with Gasteiger partial charge in [-0.05, 0) is 12.1 Å². The molecule has 0 amide bonds. The van der Waals surface area contributed by atoms with Crippen molar-refractivity contribution in [3.63, 3.8) is 0 Å². The van der Waals surface area contributed by atoms with Gasteiger partial charge in [-0.3, -0.25) is 4.68 Å². The first-order valence-corrected chi connectivity index (χ1v) is 5.95. The van der Waals surface area contributed by atoms with E-state index in [4.69, 9.17) is 10.2 Å². The summed E-state index contributed by atoms with van der Waals surface area (Å²) in [5.74, 6) is 0.787. The van der Waals surface area contributed by atoms with Crippen LogP contribution in [0.4, 0.5) is 11.7 Å². The van der Waals surface area contributed by atoms with Crippen LogP contribution in [0.15, 0.2) is 28.9 Å². The van der Waals surface area contributed by atoms with E-state index in [2.05, 4.69) is 20.4 Å². The molecule has 0 bridgehead atoms. The van der Waals surface area contributed by atoms with Gasteiger partial charge in [0.05, 0.1) is 0 Å². The third-order valence-corrected chi connectivity index (χ3v) is 2.68. The molecule has 7 nitrogen and oxygen atoms in total. The SMILES string of the molecule is Cn1cnc(CCNc2nc3ccc(N)cc3o2)n1. The lowest BCUT2D eigenvalue weighted by molar-refractivity contribution is 0.613. The molecular weight excluding hydrogens is 244 g/mol. The van der Waals surface area contributed by atoms with Gasteiger partial charge in [-0.25, -0.2) is 4.98 Å². The minimum absolute atomic E-state index is 0.483. The van der Waals surface area contributed by atoms with Crippen LogP contribution < -0.4 is 11.1 Å². The van der Waals surface area contributed by atoms with Crippen LogP contribution in [0.5, 0.6) is 0 Å². The quantitative estimate of drug-likeness (QED) is 0.683. The zero-order valence-electron chi connectivity index (χ0n) is 10.5. The highest BCUT2D eigenvalue weighted by Crippen LogP contribution is 2.20. The molecule has 0 fully saturated rings. The number of nitrogens with two attached hydrogens (primary N) is 1. The maximum absolute atomic E-state index is 5.68. The molecule has 2 aromatic heterocycles. The zero-order valence-corrected chi connectivity index (χ0v) is 10.5. The highest BCUT2D eigenvalue weighted by atomic mass is 16.4. The van der Waals surface area contributed by atoms with Gasteiger partial charge in [0.25, 0.3) is 6.01 Å². The normalized spacial score (nSPS) is 11.0. The fourth-order valence-corrected chi connectivity index (χ4v) is 1.80. The number of nitrogens with zero attached hydrogens (tertiary/aromatic N) is 4. The molecule has 0 aliphatic carbocycles. The van der Waals surface area contributed by atoms with Crippen molar-refractivity contribution in [2.75, 3.05) is 17.6 Å². The van der Waals surface area contributed by atoms with Crippen LogP contribution >= 0.6 is 0 Å². The van der Waals surface area contributed by atoms with Gasteiger partial charge in [0.2, 0.25) is 0 Å². The molecule has 3 N–H and O–H groups in total. The first kappa shape index (κ1) is 11.5. The summed E-state index contributed by atoms with van der Waals surface area (Å²) in [5, 5.41) is 7.30. The molecule has 0 radical (unpaired) electrons. The lowest BCUT2D eigenvalue weighted by Crippen LogP contribution is -2.06. The van der Waals surface area contributed by atoms with E-state index >= 15 is 0 Å². The van der Waals surface area contributed by atoms with E-state index in [-0.39, 0.29) is 0 Å². The molecule has 0 atom stereocenters. The first-order chi connectivity index (χ1) is 9.20. The van der Waals surface area contributed by atoms with Crippen molar-refractivity contribution in [1.29, 1.82) is 0 Å². The Kier molecular flexibility index (Phi) is 2.79. The summed E-state index contributed by atoms with van der Waals surface area (Å²) in [6, 6.07) is 5.87. The van der Waals surface area contributed by atoms with Crippen molar-refractivity contribution in [2.45, 2.75) is 6.42 Å². The second kappa shape index (κ2) is 4.60. The standard InChI is InChI=1S/C12H14N6O/c1-18-7-15-11(17-18)4-5-14-12-16-9-3-2-8(13)6-10(9)19-12/h2-3,6-7H,4-5,13H2,1H3,(H,14,16). The predicted molar refractivity (Wildman–Crippen MR) is 71.6 cm³/mol. The second-order valence-electron chi connectivity index (χ2n) is 4.26. The Morgan fingerprint density at radius 3 is 3.11 bits per heavy atom. The lowest BCUT2D eigenvalue weighted by atomic mass is 10.3. The smallest absolute Gasteiger partial charge is 0.295 e. The maximum atomic E-state index is 5.68. The number of anilines is 2. The van der Waals surface area contributed by atoms with Gasteiger partial charge < -0.3 is 15.5 Å². The van der Waals surface area contributed by atoms with Gasteiger partial charge in [-0.15, -0.1) is 0 Å². The minimum Gasteiger partial charge on any atom is -0.423 e. The topological polar surface area (TPSA) is 94.8 Å². The second-order valence-corrected chi connectivity index (χ2v) is 4.26. The van der Waals surface area contributed by atoms with Gasteiger partial charge in [0, 0.05) is 31.8 Å². The Morgan fingerprint density at radius 1 is 1.42 bits per heavy atom. The van der Waals surface area contributed by atoms with Gasteiger partial charge in [0.1, 0.15) is 11.8 Å². The van der Waals surface area contributed by atoms with Gasteiger partial charge in [-0.1, -0.05) is 0 Å². The van der Waals surface area contributed by atoms with E-state index in [0.717, 1.165) is 11.3 Å². The van der Waals surface area contributed by atoms with Crippen molar-refractivity contribution >= 4 is 22.8 Å². The molecule has 19 heavy (non-hydrogen) atoms. The molecule has 0 saturated heterocycles. The number of fused-ring (bicyclic) bond motifs is 1. The summed E-state index contributed by atoms with van der Waals surface area (Å²) in [4.78, 5) is 8.46. The van der Waals surface area contributed by atoms with Gasteiger partial charge >= 0.3 is 0 Å². The Morgan fingerprint density at radius 2 is 2.32 bits per heavy atom. The van der Waals surface area contributed by atoms with Gasteiger partial charge in [-0.2, -0.15) is 10.1 Å². The molecule has 0 aliphatic rings. The average Bonchev–Trinajstić information content (AvgIpc) is 2.95. The summed E-state index contributed by atoms with van der Waals surface area (Å²) >= 11 is 0. The van der Waals surface area contributed by atoms with E-state index in [0.29, 0.717) is 30.3 Å². The molecule has 0 aliphatic heterocycles. The number of rotatable bonds is 4. The Labute approximate surface area is 109 Å². The lowest BCUT2D eigenvalue weighted by Gasteiger charge is -1.97. The van der Waals surface area contributed by atoms with Crippen LogP contribution in [0.1, 0.15) is 5.82 Å². The molecule has 7 heteroatoms. The summed E-state index contributed by atoms with van der Waals surface area (Å²) in [7, 11) is 1.84. The highest BCUT2D eigenvalue weighted by molar-refractivity contribution is 5.78. The number of aryl methyl sites for hydroxylation is 1. The molecule has 2 heterocycles. The fraction of sp³-hybridized carbons (Fsp3) is 0.250. The molecule has 0 spiro atoms. The van der Waals surface area contributed by atoms with E-state index in [1.165, 1.54) is 0 Å². The molecule has 0 saturated carbocycles. The number of nitrogens with one attached hydrogen (secondary N) is 1. The number of nitrogen functional groups attached to an aromatic ring is 1. The maximum Gasteiger partial charge on any atom is 0.295 e. The van der Waals surface area contributed by atoms with Crippen molar-refractivity contribution in [1.82, 2.24) is 19.7 Å². The number of hydrogen-bond acceptors (Lipinski definition) is 6. The highest BCUT2D eigenvalue weighted by Gasteiger charge is 2.06. The molecule has 3 aromatic rings. The monoisotopic (exact) mass is 258 g/mol. The number of aromatic nitrogens is 4. The molecule has 1 aromatic carbocycles. The van der Waals surface area contributed by atoms with Crippen LogP contribution in [0.2, 0.25) is 0 Å². The number of oxazole rings is 1. The average molecular weight is 258 g/mol.